The molecule has 0 atom stereocenters. The monoisotopic (exact) mass is 374 g/mol. The molecule has 2 aromatic rings. The van der Waals surface area contributed by atoms with Gasteiger partial charge in [-0.15, -0.1) is 6.58 Å². The van der Waals surface area contributed by atoms with Crippen LogP contribution in [0.4, 0.5) is 8.78 Å². The Morgan fingerprint density at radius 3 is 2.26 bits per heavy atom. The van der Waals surface area contributed by atoms with Crippen molar-refractivity contribution in [3.05, 3.63) is 71.8 Å². The van der Waals surface area contributed by atoms with Gasteiger partial charge in [-0.2, -0.15) is 0 Å². The summed E-state index contributed by atoms with van der Waals surface area (Å²) >= 11 is 0. The fraction of sp³-hybridized carbons (Fsp3) is 0.364. The Labute approximate surface area is 158 Å². The third-order valence-electron chi connectivity index (χ3n) is 4.69. The highest BCUT2D eigenvalue weighted by Crippen LogP contribution is 2.30. The Hall–Kier alpha value is -2.08. The van der Waals surface area contributed by atoms with Gasteiger partial charge in [-0.25, -0.2) is 8.78 Å². The number of benzene rings is 2. The Morgan fingerprint density at radius 2 is 1.70 bits per heavy atom. The first kappa shape index (κ1) is 19.7. The van der Waals surface area contributed by atoms with Crippen LogP contribution in [0.2, 0.25) is 0 Å². The molecule has 1 aliphatic heterocycles. The van der Waals surface area contributed by atoms with Gasteiger partial charge < -0.3 is 14.2 Å². The van der Waals surface area contributed by atoms with E-state index in [-0.39, 0.29) is 12.2 Å². The molecular weight excluding hydrogens is 350 g/mol. The first-order valence-electron chi connectivity index (χ1n) is 9.03. The van der Waals surface area contributed by atoms with Crippen LogP contribution in [0.15, 0.2) is 49.1 Å². The molecule has 27 heavy (non-hydrogen) atoms. The maximum absolute atomic E-state index is 14.1. The molecule has 0 unspecified atom stereocenters. The van der Waals surface area contributed by atoms with Gasteiger partial charge in [0.25, 0.3) is 0 Å². The van der Waals surface area contributed by atoms with E-state index in [4.69, 9.17) is 14.2 Å². The van der Waals surface area contributed by atoms with E-state index < -0.39 is 17.9 Å². The molecule has 0 bridgehead atoms. The van der Waals surface area contributed by atoms with E-state index in [0.29, 0.717) is 24.7 Å². The molecule has 1 fully saturated rings. The van der Waals surface area contributed by atoms with E-state index in [1.807, 2.05) is 30.3 Å². The van der Waals surface area contributed by atoms with E-state index in [1.54, 1.807) is 0 Å². The van der Waals surface area contributed by atoms with E-state index in [0.717, 1.165) is 24.0 Å². The molecule has 0 radical (unpaired) electrons. The highest BCUT2D eigenvalue weighted by Gasteiger charge is 2.23. The second kappa shape index (κ2) is 9.22. The van der Waals surface area contributed by atoms with Gasteiger partial charge in [-0.05, 0) is 36.1 Å². The van der Waals surface area contributed by atoms with Crippen molar-refractivity contribution in [1.29, 1.82) is 0 Å². The van der Waals surface area contributed by atoms with Crippen LogP contribution in [-0.2, 0) is 20.8 Å². The zero-order chi connectivity index (χ0) is 19.2. The smallest absolute Gasteiger partial charge is 0.183 e. The summed E-state index contributed by atoms with van der Waals surface area (Å²) in [5.74, 6) is -0.837. The van der Waals surface area contributed by atoms with Gasteiger partial charge in [0.15, 0.2) is 6.29 Å². The fourth-order valence-corrected chi connectivity index (χ4v) is 3.14. The van der Waals surface area contributed by atoms with Gasteiger partial charge in [-0.3, -0.25) is 0 Å². The van der Waals surface area contributed by atoms with Gasteiger partial charge in [0.1, 0.15) is 11.6 Å². The summed E-state index contributed by atoms with van der Waals surface area (Å²) in [5.41, 5.74) is 2.03. The van der Waals surface area contributed by atoms with Gasteiger partial charge in [0.05, 0.1) is 19.8 Å². The Morgan fingerprint density at radius 1 is 1.07 bits per heavy atom. The minimum Gasteiger partial charge on any atom is -0.380 e. The van der Waals surface area contributed by atoms with E-state index in [9.17, 15) is 8.78 Å². The molecule has 0 saturated carbocycles. The topological polar surface area (TPSA) is 27.7 Å². The minimum absolute atomic E-state index is 0.0621. The Balaban J connectivity index is 1.68. The van der Waals surface area contributed by atoms with Crippen LogP contribution in [0.1, 0.15) is 30.3 Å². The van der Waals surface area contributed by atoms with Crippen LogP contribution in [0.25, 0.3) is 11.1 Å². The van der Waals surface area contributed by atoms with Gasteiger partial charge >= 0.3 is 0 Å². The minimum atomic E-state index is -0.611. The summed E-state index contributed by atoms with van der Waals surface area (Å²) in [6, 6.07) is 10.0. The number of hydrogen-bond donors (Lipinski definition) is 0. The number of hydrogen-bond acceptors (Lipinski definition) is 3. The summed E-state index contributed by atoms with van der Waals surface area (Å²) in [6.07, 6.45) is 3.45. The van der Waals surface area contributed by atoms with Crippen molar-refractivity contribution in [2.24, 2.45) is 5.92 Å². The molecule has 1 heterocycles. The van der Waals surface area contributed by atoms with Crippen molar-refractivity contribution < 1.29 is 23.0 Å². The van der Waals surface area contributed by atoms with Crippen molar-refractivity contribution in [2.75, 3.05) is 20.3 Å². The van der Waals surface area contributed by atoms with Gasteiger partial charge in [-0.1, -0.05) is 30.3 Å². The Kier molecular flexibility index (Phi) is 6.72. The number of ether oxygens (including phenoxy) is 3. The molecule has 0 amide bonds. The third-order valence-corrected chi connectivity index (χ3v) is 4.69. The molecule has 1 aliphatic rings. The standard InChI is InChI=1S/C22H24F2O3/c1-3-4-5-15-12-26-22(27-13-15)17-8-6-16(7-9-17)18-10-20(23)19(14-25-2)21(24)11-18/h3,6-11,15,22H,1,4-5,12-14H2,2H3. The summed E-state index contributed by atoms with van der Waals surface area (Å²) in [4.78, 5) is 0. The third kappa shape index (κ3) is 4.80. The average Bonchev–Trinajstić information content (AvgIpc) is 2.69. The van der Waals surface area contributed by atoms with Gasteiger partial charge in [0, 0.05) is 24.2 Å². The van der Waals surface area contributed by atoms with Gasteiger partial charge in [0.2, 0.25) is 0 Å². The normalized spacial score (nSPS) is 19.8. The predicted octanol–water partition coefficient (Wildman–Crippen LogP) is 5.41. The van der Waals surface area contributed by atoms with Crippen LogP contribution in [0.3, 0.4) is 0 Å². The summed E-state index contributed by atoms with van der Waals surface area (Å²) in [5, 5.41) is 0. The molecular formula is C22H24F2O3. The van der Waals surface area contributed by atoms with Crippen molar-refractivity contribution in [2.45, 2.75) is 25.7 Å². The lowest BCUT2D eigenvalue weighted by atomic mass is 10.0. The first-order chi connectivity index (χ1) is 13.1. The highest BCUT2D eigenvalue weighted by molar-refractivity contribution is 5.64. The molecule has 0 N–H and O–H groups in total. The maximum atomic E-state index is 14.1. The lowest BCUT2D eigenvalue weighted by Gasteiger charge is -2.29. The van der Waals surface area contributed by atoms with Crippen LogP contribution in [-0.4, -0.2) is 20.3 Å². The van der Waals surface area contributed by atoms with Crippen LogP contribution in [0.5, 0.6) is 0 Å². The largest absolute Gasteiger partial charge is 0.380 e. The van der Waals surface area contributed by atoms with Crippen molar-refractivity contribution in [3.8, 4) is 11.1 Å². The van der Waals surface area contributed by atoms with E-state index in [1.165, 1.54) is 19.2 Å². The van der Waals surface area contributed by atoms with Crippen molar-refractivity contribution >= 4 is 0 Å². The number of halogens is 2. The maximum Gasteiger partial charge on any atom is 0.183 e. The van der Waals surface area contributed by atoms with Crippen LogP contribution >= 0.6 is 0 Å². The molecule has 3 rings (SSSR count). The van der Waals surface area contributed by atoms with Crippen molar-refractivity contribution in [1.82, 2.24) is 0 Å². The summed E-state index contributed by atoms with van der Waals surface area (Å²) in [6.45, 7) is 4.94. The molecule has 144 valence electrons. The quantitative estimate of drug-likeness (QED) is 0.607. The molecule has 0 aromatic heterocycles. The highest BCUT2D eigenvalue weighted by atomic mass is 19.1. The van der Waals surface area contributed by atoms with E-state index >= 15 is 0 Å². The number of allylic oxidation sites excluding steroid dienone is 1. The molecule has 1 saturated heterocycles. The zero-order valence-electron chi connectivity index (χ0n) is 15.4. The lowest BCUT2D eigenvalue weighted by molar-refractivity contribution is -0.205. The predicted molar refractivity (Wildman–Crippen MR) is 100 cm³/mol. The first-order valence-corrected chi connectivity index (χ1v) is 9.03. The van der Waals surface area contributed by atoms with Crippen molar-refractivity contribution in [3.63, 3.8) is 0 Å². The molecule has 5 heteroatoms. The molecule has 0 spiro atoms. The number of rotatable bonds is 7. The SMILES string of the molecule is C=CCCC1COC(c2ccc(-c3cc(F)c(COC)c(F)c3)cc2)OC1. The fourth-order valence-electron chi connectivity index (χ4n) is 3.14. The molecule has 2 aromatic carbocycles. The zero-order valence-corrected chi connectivity index (χ0v) is 15.4. The van der Waals surface area contributed by atoms with E-state index in [2.05, 4.69) is 6.58 Å². The molecule has 0 aliphatic carbocycles. The number of methoxy groups -OCH3 is 1. The second-order valence-corrected chi connectivity index (χ2v) is 6.70. The summed E-state index contributed by atoms with van der Waals surface area (Å²) < 4.78 is 44.7. The van der Waals surface area contributed by atoms with Crippen LogP contribution in [0, 0.1) is 17.6 Å². The lowest BCUT2D eigenvalue weighted by Crippen LogP contribution is -2.26. The summed E-state index contributed by atoms with van der Waals surface area (Å²) in [7, 11) is 1.41. The molecule has 3 nitrogen and oxygen atoms in total. The average molecular weight is 374 g/mol. The van der Waals surface area contributed by atoms with Crippen LogP contribution < -0.4 is 0 Å². The second-order valence-electron chi connectivity index (χ2n) is 6.70. The Bertz CT molecular complexity index is 743.